The van der Waals surface area contributed by atoms with Crippen LogP contribution in [0.15, 0.2) is 0 Å². The van der Waals surface area contributed by atoms with Gasteiger partial charge in [0.05, 0.1) is 4.32 Å². The molecule has 0 bridgehead atoms. The summed E-state index contributed by atoms with van der Waals surface area (Å²) in [5, 5.41) is 2.94. The van der Waals surface area contributed by atoms with Gasteiger partial charge in [-0.2, -0.15) is 11.8 Å². The fourth-order valence-corrected chi connectivity index (χ4v) is 2.48. The SMILES string of the molecule is CC(C)(Br)C(=O)NCCN1CCSCC1. The molecule has 1 saturated heterocycles. The van der Waals surface area contributed by atoms with Crippen molar-refractivity contribution in [2.75, 3.05) is 37.7 Å². The zero-order chi connectivity index (χ0) is 11.3. The molecule has 0 radical (unpaired) electrons. The second-order valence-electron chi connectivity index (χ2n) is 4.18. The summed E-state index contributed by atoms with van der Waals surface area (Å²) in [5.74, 6) is 2.50. The van der Waals surface area contributed by atoms with E-state index in [9.17, 15) is 4.79 Å². The monoisotopic (exact) mass is 294 g/mol. The Morgan fingerprint density at radius 2 is 2.07 bits per heavy atom. The Balaban J connectivity index is 2.12. The number of carbonyl (C=O) groups excluding carboxylic acids is 1. The molecule has 1 heterocycles. The van der Waals surface area contributed by atoms with Crippen molar-refractivity contribution in [3.63, 3.8) is 0 Å². The Morgan fingerprint density at radius 1 is 1.47 bits per heavy atom. The van der Waals surface area contributed by atoms with Gasteiger partial charge in [-0.15, -0.1) is 0 Å². The molecule has 0 unspecified atom stereocenters. The van der Waals surface area contributed by atoms with Crippen molar-refractivity contribution >= 4 is 33.6 Å². The quantitative estimate of drug-likeness (QED) is 0.794. The van der Waals surface area contributed by atoms with Gasteiger partial charge in [0.1, 0.15) is 0 Å². The average Bonchev–Trinajstić information content (AvgIpc) is 2.18. The van der Waals surface area contributed by atoms with E-state index in [-0.39, 0.29) is 5.91 Å². The first-order valence-corrected chi connectivity index (χ1v) is 7.22. The summed E-state index contributed by atoms with van der Waals surface area (Å²) in [4.78, 5) is 13.9. The lowest BCUT2D eigenvalue weighted by atomic mass is 10.2. The minimum Gasteiger partial charge on any atom is -0.354 e. The van der Waals surface area contributed by atoms with Crippen molar-refractivity contribution in [3.8, 4) is 0 Å². The summed E-state index contributed by atoms with van der Waals surface area (Å²) >= 11 is 5.35. The van der Waals surface area contributed by atoms with Crippen LogP contribution in [0.2, 0.25) is 0 Å². The summed E-state index contributed by atoms with van der Waals surface area (Å²) in [6.07, 6.45) is 0. The lowest BCUT2D eigenvalue weighted by Gasteiger charge is -2.26. The first-order chi connectivity index (χ1) is 7.00. The number of amides is 1. The molecule has 0 aromatic carbocycles. The fraction of sp³-hybridized carbons (Fsp3) is 0.900. The number of nitrogens with zero attached hydrogens (tertiary/aromatic N) is 1. The Kier molecular flexibility index (Phi) is 5.43. The summed E-state index contributed by atoms with van der Waals surface area (Å²) in [6, 6.07) is 0. The van der Waals surface area contributed by atoms with Gasteiger partial charge >= 0.3 is 0 Å². The zero-order valence-electron chi connectivity index (χ0n) is 9.38. The molecule has 0 aromatic rings. The van der Waals surface area contributed by atoms with E-state index < -0.39 is 4.32 Å². The molecule has 0 aromatic heterocycles. The van der Waals surface area contributed by atoms with Crippen molar-refractivity contribution in [1.29, 1.82) is 0 Å². The van der Waals surface area contributed by atoms with E-state index in [1.165, 1.54) is 11.5 Å². The molecule has 1 aliphatic rings. The van der Waals surface area contributed by atoms with Crippen LogP contribution in [0, 0.1) is 0 Å². The summed E-state index contributed by atoms with van der Waals surface area (Å²) < 4.78 is -0.454. The Labute approximate surface area is 104 Å². The van der Waals surface area contributed by atoms with E-state index in [0.717, 1.165) is 26.2 Å². The maximum absolute atomic E-state index is 11.5. The van der Waals surface area contributed by atoms with Crippen LogP contribution >= 0.6 is 27.7 Å². The lowest BCUT2D eigenvalue weighted by Crippen LogP contribution is -2.43. The lowest BCUT2D eigenvalue weighted by molar-refractivity contribution is -0.122. The number of carbonyl (C=O) groups is 1. The minimum atomic E-state index is -0.454. The van der Waals surface area contributed by atoms with Crippen LogP contribution < -0.4 is 5.32 Å². The number of hydrogen-bond donors (Lipinski definition) is 1. The highest BCUT2D eigenvalue weighted by atomic mass is 79.9. The predicted octanol–water partition coefficient (Wildman–Crippen LogP) is 1.32. The van der Waals surface area contributed by atoms with Crippen LogP contribution in [0.3, 0.4) is 0 Å². The van der Waals surface area contributed by atoms with E-state index >= 15 is 0 Å². The van der Waals surface area contributed by atoms with Crippen LogP contribution in [0.4, 0.5) is 0 Å². The molecular formula is C10H19BrN2OS. The van der Waals surface area contributed by atoms with Crippen LogP contribution in [-0.4, -0.2) is 52.8 Å². The molecule has 1 fully saturated rings. The number of halogens is 1. The molecule has 0 spiro atoms. The molecule has 1 N–H and O–H groups in total. The van der Waals surface area contributed by atoms with Crippen molar-refractivity contribution in [2.24, 2.45) is 0 Å². The van der Waals surface area contributed by atoms with Crippen molar-refractivity contribution in [3.05, 3.63) is 0 Å². The molecule has 0 aliphatic carbocycles. The molecular weight excluding hydrogens is 276 g/mol. The van der Waals surface area contributed by atoms with Crippen molar-refractivity contribution in [2.45, 2.75) is 18.2 Å². The van der Waals surface area contributed by atoms with Gasteiger partial charge in [-0.25, -0.2) is 0 Å². The van der Waals surface area contributed by atoms with E-state index in [2.05, 4.69) is 26.1 Å². The van der Waals surface area contributed by atoms with Gasteiger partial charge in [-0.3, -0.25) is 9.69 Å². The van der Waals surface area contributed by atoms with Gasteiger partial charge in [0.25, 0.3) is 0 Å². The molecule has 88 valence electrons. The molecule has 5 heteroatoms. The molecule has 3 nitrogen and oxygen atoms in total. The highest BCUT2D eigenvalue weighted by molar-refractivity contribution is 9.10. The normalized spacial score (nSPS) is 18.9. The molecule has 0 atom stereocenters. The van der Waals surface area contributed by atoms with Crippen LogP contribution in [-0.2, 0) is 4.79 Å². The van der Waals surface area contributed by atoms with E-state index in [0.29, 0.717) is 0 Å². The largest absolute Gasteiger partial charge is 0.354 e. The second kappa shape index (κ2) is 6.11. The Morgan fingerprint density at radius 3 is 2.60 bits per heavy atom. The summed E-state index contributed by atoms with van der Waals surface area (Å²) in [6.45, 7) is 7.74. The van der Waals surface area contributed by atoms with E-state index in [1.807, 2.05) is 25.6 Å². The van der Waals surface area contributed by atoms with Crippen molar-refractivity contribution in [1.82, 2.24) is 10.2 Å². The van der Waals surface area contributed by atoms with Gasteiger partial charge in [-0.05, 0) is 13.8 Å². The maximum atomic E-state index is 11.5. The molecule has 15 heavy (non-hydrogen) atoms. The van der Waals surface area contributed by atoms with Crippen molar-refractivity contribution < 1.29 is 4.79 Å². The maximum Gasteiger partial charge on any atom is 0.236 e. The topological polar surface area (TPSA) is 32.3 Å². The Hall–Kier alpha value is 0.260. The molecule has 1 rings (SSSR count). The first kappa shape index (κ1) is 13.3. The second-order valence-corrected chi connectivity index (χ2v) is 7.39. The third kappa shape index (κ3) is 5.22. The number of alkyl halides is 1. The summed E-state index contributed by atoms with van der Waals surface area (Å²) in [5.41, 5.74) is 0. The van der Waals surface area contributed by atoms with Crippen LogP contribution in [0.25, 0.3) is 0 Å². The van der Waals surface area contributed by atoms with Crippen LogP contribution in [0.1, 0.15) is 13.8 Å². The smallest absolute Gasteiger partial charge is 0.236 e. The number of thioether (sulfide) groups is 1. The zero-order valence-corrected chi connectivity index (χ0v) is 11.8. The Bertz CT molecular complexity index is 212. The number of rotatable bonds is 4. The fourth-order valence-electron chi connectivity index (χ4n) is 1.36. The minimum absolute atomic E-state index is 0.0638. The average molecular weight is 295 g/mol. The predicted molar refractivity (Wildman–Crippen MR) is 69.8 cm³/mol. The third-order valence-electron chi connectivity index (χ3n) is 2.36. The van der Waals surface area contributed by atoms with Gasteiger partial charge in [-0.1, -0.05) is 15.9 Å². The molecule has 0 saturated carbocycles. The highest BCUT2D eigenvalue weighted by Gasteiger charge is 2.23. The standard InChI is InChI=1S/C10H19BrN2OS/c1-10(2,11)9(14)12-3-4-13-5-7-15-8-6-13/h3-8H2,1-2H3,(H,12,14). The van der Waals surface area contributed by atoms with Gasteiger partial charge in [0, 0.05) is 37.7 Å². The van der Waals surface area contributed by atoms with E-state index in [4.69, 9.17) is 0 Å². The molecule has 1 amide bonds. The van der Waals surface area contributed by atoms with Gasteiger partial charge in [0.15, 0.2) is 0 Å². The van der Waals surface area contributed by atoms with Gasteiger partial charge < -0.3 is 5.32 Å². The first-order valence-electron chi connectivity index (χ1n) is 5.27. The highest BCUT2D eigenvalue weighted by Crippen LogP contribution is 2.15. The number of hydrogen-bond acceptors (Lipinski definition) is 3. The summed E-state index contributed by atoms with van der Waals surface area (Å²) in [7, 11) is 0. The number of nitrogens with one attached hydrogen (secondary N) is 1. The van der Waals surface area contributed by atoms with Crippen LogP contribution in [0.5, 0.6) is 0 Å². The third-order valence-corrected chi connectivity index (χ3v) is 3.66. The van der Waals surface area contributed by atoms with Gasteiger partial charge in [0.2, 0.25) is 5.91 Å². The van der Waals surface area contributed by atoms with E-state index in [1.54, 1.807) is 0 Å². The molecule has 1 aliphatic heterocycles.